The topological polar surface area (TPSA) is 99.9 Å². The molecular formula is C14H24N4O3. The molecule has 0 bridgehead atoms. The highest BCUT2D eigenvalue weighted by atomic mass is 16.5. The summed E-state index contributed by atoms with van der Waals surface area (Å²) in [5.74, 6) is 0.924. The third kappa shape index (κ3) is 4.70. The average Bonchev–Trinajstić information content (AvgIpc) is 2.88. The minimum absolute atomic E-state index is 0.153. The summed E-state index contributed by atoms with van der Waals surface area (Å²) >= 11 is 0. The molecule has 1 heterocycles. The van der Waals surface area contributed by atoms with Gasteiger partial charge in [-0.2, -0.15) is 5.10 Å². The van der Waals surface area contributed by atoms with Crippen LogP contribution in [-0.4, -0.2) is 33.3 Å². The van der Waals surface area contributed by atoms with Crippen molar-refractivity contribution in [2.75, 3.05) is 0 Å². The van der Waals surface area contributed by atoms with E-state index in [2.05, 4.69) is 27.4 Å². The van der Waals surface area contributed by atoms with Crippen molar-refractivity contribution < 1.29 is 9.53 Å². The van der Waals surface area contributed by atoms with Crippen LogP contribution in [0, 0.1) is 5.92 Å². The molecule has 1 aliphatic carbocycles. The van der Waals surface area contributed by atoms with Gasteiger partial charge in [0, 0.05) is 0 Å². The molecule has 0 spiro atoms. The van der Waals surface area contributed by atoms with Gasteiger partial charge in [0.2, 0.25) is 5.91 Å². The number of aromatic nitrogens is 3. The molecule has 1 saturated carbocycles. The number of nitrogens with zero attached hydrogens (tertiary/aromatic N) is 1. The van der Waals surface area contributed by atoms with E-state index in [1.54, 1.807) is 0 Å². The maximum absolute atomic E-state index is 12.1. The molecular weight excluding hydrogens is 272 g/mol. The Bertz CT molecular complexity index is 510. The van der Waals surface area contributed by atoms with Crippen molar-refractivity contribution in [1.82, 2.24) is 20.5 Å². The molecule has 0 radical (unpaired) electrons. The molecule has 21 heavy (non-hydrogen) atoms. The summed E-state index contributed by atoms with van der Waals surface area (Å²) in [6.07, 6.45) is 4.83. The fourth-order valence-corrected chi connectivity index (χ4v) is 2.75. The lowest BCUT2D eigenvalue weighted by Gasteiger charge is -2.29. The molecule has 3 atom stereocenters. The van der Waals surface area contributed by atoms with Crippen LogP contribution in [0.5, 0.6) is 0 Å². The summed E-state index contributed by atoms with van der Waals surface area (Å²) in [6.45, 7) is 4.36. The molecule has 0 aliphatic heterocycles. The van der Waals surface area contributed by atoms with E-state index < -0.39 is 6.10 Å². The van der Waals surface area contributed by atoms with Crippen LogP contribution in [-0.2, 0) is 16.1 Å². The molecule has 0 saturated heterocycles. The molecule has 1 amide bonds. The van der Waals surface area contributed by atoms with Crippen molar-refractivity contribution in [2.45, 2.75) is 64.7 Å². The first-order chi connectivity index (χ1) is 10.1. The number of rotatable bonds is 6. The quantitative estimate of drug-likeness (QED) is 0.731. The lowest BCUT2D eigenvalue weighted by atomic mass is 9.88. The minimum Gasteiger partial charge on any atom is -0.365 e. The minimum atomic E-state index is -0.439. The SMILES string of the molecule is CCC(OC1CCCC(C)C1)C(=O)NCc1n[nH]c(=O)[nH]1. The van der Waals surface area contributed by atoms with Gasteiger partial charge in [-0.1, -0.05) is 26.7 Å². The fraction of sp³-hybridized carbons (Fsp3) is 0.786. The molecule has 1 fully saturated rings. The van der Waals surface area contributed by atoms with Crippen LogP contribution in [0.3, 0.4) is 0 Å². The molecule has 118 valence electrons. The number of carbonyl (C=O) groups is 1. The van der Waals surface area contributed by atoms with Gasteiger partial charge < -0.3 is 10.1 Å². The van der Waals surface area contributed by atoms with E-state index in [4.69, 9.17) is 4.74 Å². The third-order valence-electron chi connectivity index (χ3n) is 3.89. The highest BCUT2D eigenvalue weighted by Gasteiger charge is 2.25. The standard InChI is InChI=1S/C14H24N4O3/c1-3-11(21-10-6-4-5-9(2)7-10)13(19)15-8-12-16-14(20)18-17-12/h9-11H,3-8H2,1-2H3,(H,15,19)(H2,16,17,18,20). The second kappa shape index (κ2) is 7.40. The average molecular weight is 296 g/mol. The Balaban J connectivity index is 1.81. The van der Waals surface area contributed by atoms with E-state index in [-0.39, 0.29) is 24.2 Å². The molecule has 7 heteroatoms. The van der Waals surface area contributed by atoms with E-state index in [1.165, 1.54) is 12.8 Å². The monoisotopic (exact) mass is 296 g/mol. The first-order valence-electron chi connectivity index (χ1n) is 7.65. The van der Waals surface area contributed by atoms with Gasteiger partial charge in [-0.3, -0.25) is 9.78 Å². The van der Waals surface area contributed by atoms with Gasteiger partial charge in [-0.15, -0.1) is 0 Å². The van der Waals surface area contributed by atoms with E-state index in [1.807, 2.05) is 6.92 Å². The van der Waals surface area contributed by atoms with Crippen molar-refractivity contribution in [3.63, 3.8) is 0 Å². The van der Waals surface area contributed by atoms with Crippen molar-refractivity contribution in [1.29, 1.82) is 0 Å². The highest BCUT2D eigenvalue weighted by Crippen LogP contribution is 2.26. The maximum Gasteiger partial charge on any atom is 0.340 e. The van der Waals surface area contributed by atoms with Gasteiger partial charge >= 0.3 is 5.69 Å². The molecule has 1 aliphatic rings. The van der Waals surface area contributed by atoms with Gasteiger partial charge in [-0.05, 0) is 25.2 Å². The second-order valence-corrected chi connectivity index (χ2v) is 5.77. The van der Waals surface area contributed by atoms with E-state index in [0.717, 1.165) is 12.8 Å². The number of aromatic amines is 2. The summed E-state index contributed by atoms with van der Waals surface area (Å²) in [6, 6.07) is 0. The zero-order chi connectivity index (χ0) is 15.2. The van der Waals surface area contributed by atoms with Crippen molar-refractivity contribution >= 4 is 5.91 Å². The maximum atomic E-state index is 12.1. The summed E-state index contributed by atoms with van der Waals surface area (Å²) < 4.78 is 5.95. The van der Waals surface area contributed by atoms with Crippen LogP contribution >= 0.6 is 0 Å². The van der Waals surface area contributed by atoms with Crippen LogP contribution < -0.4 is 11.0 Å². The Labute approximate surface area is 123 Å². The molecule has 1 aromatic heterocycles. The van der Waals surface area contributed by atoms with Crippen molar-refractivity contribution in [2.24, 2.45) is 5.92 Å². The summed E-state index contributed by atoms with van der Waals surface area (Å²) in [7, 11) is 0. The number of carbonyl (C=O) groups excluding carboxylic acids is 1. The number of amides is 1. The van der Waals surface area contributed by atoms with Gasteiger partial charge in [0.15, 0.2) is 0 Å². The lowest BCUT2D eigenvalue weighted by molar-refractivity contribution is -0.139. The van der Waals surface area contributed by atoms with Gasteiger partial charge in [0.05, 0.1) is 12.6 Å². The van der Waals surface area contributed by atoms with E-state index in [9.17, 15) is 9.59 Å². The molecule has 2 rings (SSSR count). The number of H-pyrrole nitrogens is 2. The number of hydrogen-bond acceptors (Lipinski definition) is 4. The zero-order valence-electron chi connectivity index (χ0n) is 12.6. The van der Waals surface area contributed by atoms with Crippen LogP contribution in [0.4, 0.5) is 0 Å². The summed E-state index contributed by atoms with van der Waals surface area (Å²) in [4.78, 5) is 25.5. The molecule has 3 N–H and O–H groups in total. The Hall–Kier alpha value is -1.63. The first kappa shape index (κ1) is 15.8. The Morgan fingerprint density at radius 1 is 1.52 bits per heavy atom. The predicted molar refractivity (Wildman–Crippen MR) is 77.6 cm³/mol. The smallest absolute Gasteiger partial charge is 0.340 e. The van der Waals surface area contributed by atoms with Crippen molar-refractivity contribution in [3.05, 3.63) is 16.3 Å². The molecule has 3 unspecified atom stereocenters. The highest BCUT2D eigenvalue weighted by molar-refractivity contribution is 5.80. The largest absolute Gasteiger partial charge is 0.365 e. The van der Waals surface area contributed by atoms with Crippen LogP contribution in [0.1, 0.15) is 51.8 Å². The zero-order valence-corrected chi connectivity index (χ0v) is 12.6. The van der Waals surface area contributed by atoms with Gasteiger partial charge in [0.25, 0.3) is 0 Å². The predicted octanol–water partition coefficient (Wildman–Crippen LogP) is 1.09. The Kier molecular flexibility index (Phi) is 5.55. The fourth-order valence-electron chi connectivity index (χ4n) is 2.75. The summed E-state index contributed by atoms with van der Waals surface area (Å²) in [5.41, 5.74) is -0.376. The van der Waals surface area contributed by atoms with Crippen LogP contribution in [0.15, 0.2) is 4.79 Å². The number of hydrogen-bond donors (Lipinski definition) is 3. The van der Waals surface area contributed by atoms with E-state index >= 15 is 0 Å². The molecule has 7 nitrogen and oxygen atoms in total. The van der Waals surface area contributed by atoms with Crippen LogP contribution in [0.2, 0.25) is 0 Å². The van der Waals surface area contributed by atoms with Gasteiger partial charge in [0.1, 0.15) is 11.9 Å². The number of nitrogens with one attached hydrogen (secondary N) is 3. The normalized spacial score (nSPS) is 23.7. The molecule has 0 aromatic carbocycles. The van der Waals surface area contributed by atoms with Crippen LogP contribution in [0.25, 0.3) is 0 Å². The van der Waals surface area contributed by atoms with Crippen molar-refractivity contribution in [3.8, 4) is 0 Å². The first-order valence-corrected chi connectivity index (χ1v) is 7.65. The molecule has 1 aromatic rings. The third-order valence-corrected chi connectivity index (χ3v) is 3.89. The van der Waals surface area contributed by atoms with Gasteiger partial charge in [-0.25, -0.2) is 9.89 Å². The second-order valence-electron chi connectivity index (χ2n) is 5.77. The Morgan fingerprint density at radius 2 is 2.33 bits per heavy atom. The number of ether oxygens (including phenoxy) is 1. The lowest BCUT2D eigenvalue weighted by Crippen LogP contribution is -2.39. The van der Waals surface area contributed by atoms with E-state index in [0.29, 0.717) is 18.2 Å². The Morgan fingerprint density at radius 3 is 2.95 bits per heavy atom. The summed E-state index contributed by atoms with van der Waals surface area (Å²) in [5, 5.41) is 8.76.